The van der Waals surface area contributed by atoms with Gasteiger partial charge in [0.1, 0.15) is 0 Å². The van der Waals surface area contributed by atoms with Crippen LogP contribution in [0, 0.1) is 0 Å². The fourth-order valence-electron chi connectivity index (χ4n) is 3.78. The molecule has 4 aromatic rings. The van der Waals surface area contributed by atoms with E-state index in [4.69, 9.17) is 4.98 Å². The molecule has 2 heterocycles. The molecule has 2 aromatic heterocycles. The van der Waals surface area contributed by atoms with Crippen LogP contribution in [0.15, 0.2) is 72.9 Å². The summed E-state index contributed by atoms with van der Waals surface area (Å²) in [6.45, 7) is 5.21. The van der Waals surface area contributed by atoms with Gasteiger partial charge in [0.2, 0.25) is 5.91 Å². The number of pyridine rings is 1. The normalized spacial score (nSPS) is 10.8. The van der Waals surface area contributed by atoms with Gasteiger partial charge in [0.25, 0.3) is 5.91 Å². The Morgan fingerprint density at radius 2 is 1.70 bits per heavy atom. The highest BCUT2D eigenvalue weighted by atomic mass is 16.2. The Balaban J connectivity index is 1.80. The van der Waals surface area contributed by atoms with Crippen LogP contribution < -0.4 is 5.32 Å². The fourth-order valence-corrected chi connectivity index (χ4v) is 3.78. The number of hydrogen-bond acceptors (Lipinski definition) is 4. The van der Waals surface area contributed by atoms with Crippen LogP contribution in [0.3, 0.4) is 0 Å². The van der Waals surface area contributed by atoms with Crippen molar-refractivity contribution < 1.29 is 9.59 Å². The number of aromatic nitrogens is 3. The van der Waals surface area contributed by atoms with Gasteiger partial charge in [-0.25, -0.2) is 9.67 Å². The van der Waals surface area contributed by atoms with E-state index in [1.54, 1.807) is 17.2 Å². The van der Waals surface area contributed by atoms with Crippen molar-refractivity contribution in [2.45, 2.75) is 20.4 Å². The van der Waals surface area contributed by atoms with Crippen molar-refractivity contribution in [1.82, 2.24) is 25.0 Å². The van der Waals surface area contributed by atoms with Crippen LogP contribution in [0.25, 0.3) is 22.3 Å². The van der Waals surface area contributed by atoms with Gasteiger partial charge in [0, 0.05) is 18.7 Å². The van der Waals surface area contributed by atoms with E-state index in [0.29, 0.717) is 41.9 Å². The highest BCUT2D eigenvalue weighted by molar-refractivity contribution is 6.07. The lowest BCUT2D eigenvalue weighted by Crippen LogP contribution is -2.40. The zero-order valence-electron chi connectivity index (χ0n) is 18.9. The predicted octanol–water partition coefficient (Wildman–Crippen LogP) is 3.74. The minimum Gasteiger partial charge on any atom is -0.355 e. The van der Waals surface area contributed by atoms with E-state index in [9.17, 15) is 9.59 Å². The van der Waals surface area contributed by atoms with E-state index in [-0.39, 0.29) is 18.4 Å². The Bertz CT molecular complexity index is 1250. The first-order chi connectivity index (χ1) is 16.1. The van der Waals surface area contributed by atoms with Crippen molar-refractivity contribution in [1.29, 1.82) is 0 Å². The summed E-state index contributed by atoms with van der Waals surface area (Å²) in [5, 5.41) is 7.98. The van der Waals surface area contributed by atoms with Gasteiger partial charge >= 0.3 is 0 Å². The number of amides is 2. The molecule has 0 aliphatic rings. The second kappa shape index (κ2) is 10.1. The molecular weight excluding hydrogens is 414 g/mol. The summed E-state index contributed by atoms with van der Waals surface area (Å²) in [4.78, 5) is 32.2. The molecule has 2 aromatic carbocycles. The number of fused-ring (bicyclic) bond motifs is 1. The Morgan fingerprint density at radius 1 is 1.00 bits per heavy atom. The molecule has 0 aliphatic heterocycles. The van der Waals surface area contributed by atoms with Gasteiger partial charge < -0.3 is 10.2 Å². The van der Waals surface area contributed by atoms with Gasteiger partial charge in [-0.1, -0.05) is 60.7 Å². The molecule has 33 heavy (non-hydrogen) atoms. The lowest BCUT2D eigenvalue weighted by atomic mass is 10.1. The highest BCUT2D eigenvalue weighted by Crippen LogP contribution is 2.26. The molecule has 0 unspecified atom stereocenters. The zero-order chi connectivity index (χ0) is 23.2. The number of nitrogens with one attached hydrogen (secondary N) is 1. The highest BCUT2D eigenvalue weighted by Gasteiger charge is 2.23. The Labute approximate surface area is 193 Å². The van der Waals surface area contributed by atoms with Crippen LogP contribution in [0.5, 0.6) is 0 Å². The van der Waals surface area contributed by atoms with Crippen LogP contribution in [-0.4, -0.2) is 51.1 Å². The topological polar surface area (TPSA) is 80.1 Å². The molecule has 0 atom stereocenters. The predicted molar refractivity (Wildman–Crippen MR) is 129 cm³/mol. The third kappa shape index (κ3) is 4.92. The summed E-state index contributed by atoms with van der Waals surface area (Å²) in [6, 6.07) is 21.6. The molecule has 1 N–H and O–H groups in total. The largest absolute Gasteiger partial charge is 0.355 e. The molecule has 4 rings (SSSR count). The molecule has 0 saturated heterocycles. The summed E-state index contributed by atoms with van der Waals surface area (Å²) in [5.74, 6) is -0.395. The van der Waals surface area contributed by atoms with E-state index >= 15 is 0 Å². The summed E-state index contributed by atoms with van der Waals surface area (Å²) in [6.07, 6.45) is 1.69. The lowest BCUT2D eigenvalue weighted by molar-refractivity contribution is -0.121. The van der Waals surface area contributed by atoms with Crippen LogP contribution >= 0.6 is 0 Å². The van der Waals surface area contributed by atoms with Crippen LogP contribution in [0.1, 0.15) is 29.8 Å². The minimum atomic E-state index is -0.215. The van der Waals surface area contributed by atoms with E-state index < -0.39 is 0 Å². The maximum Gasteiger partial charge on any atom is 0.255 e. The van der Waals surface area contributed by atoms with Gasteiger partial charge in [-0.2, -0.15) is 5.10 Å². The summed E-state index contributed by atoms with van der Waals surface area (Å²) < 4.78 is 1.81. The van der Waals surface area contributed by atoms with Crippen molar-refractivity contribution in [3.05, 3.63) is 84.1 Å². The van der Waals surface area contributed by atoms with E-state index in [2.05, 4.69) is 10.4 Å². The average Bonchev–Trinajstić information content (AvgIpc) is 3.25. The van der Waals surface area contributed by atoms with Crippen molar-refractivity contribution in [3.8, 4) is 11.3 Å². The van der Waals surface area contributed by atoms with Crippen LogP contribution in [0.4, 0.5) is 0 Å². The quantitative estimate of drug-likeness (QED) is 0.452. The van der Waals surface area contributed by atoms with Gasteiger partial charge in [0.15, 0.2) is 5.65 Å². The molecule has 7 nitrogen and oxygen atoms in total. The van der Waals surface area contributed by atoms with Gasteiger partial charge in [-0.3, -0.25) is 9.59 Å². The number of carbonyl (C=O) groups excluding carboxylic acids is 2. The van der Waals surface area contributed by atoms with Crippen LogP contribution in [0.2, 0.25) is 0 Å². The zero-order valence-corrected chi connectivity index (χ0v) is 18.9. The number of hydrogen-bond donors (Lipinski definition) is 1. The number of carbonyl (C=O) groups is 2. The Kier molecular flexibility index (Phi) is 6.78. The first-order valence-electron chi connectivity index (χ1n) is 11.1. The third-order valence-corrected chi connectivity index (χ3v) is 5.46. The second-order valence-corrected chi connectivity index (χ2v) is 7.72. The summed E-state index contributed by atoms with van der Waals surface area (Å²) >= 11 is 0. The average molecular weight is 442 g/mol. The molecule has 0 saturated carbocycles. The third-order valence-electron chi connectivity index (χ3n) is 5.46. The molecule has 2 amide bonds. The maximum atomic E-state index is 13.6. The molecule has 0 spiro atoms. The molecular formula is C26H27N5O2. The van der Waals surface area contributed by atoms with Crippen LogP contribution in [-0.2, 0) is 11.3 Å². The van der Waals surface area contributed by atoms with Crippen molar-refractivity contribution in [2.24, 2.45) is 0 Å². The van der Waals surface area contributed by atoms with Gasteiger partial charge in [0.05, 0.1) is 35.9 Å². The molecule has 0 aliphatic carbocycles. The number of rotatable bonds is 8. The second-order valence-electron chi connectivity index (χ2n) is 7.72. The number of benzene rings is 2. The summed E-state index contributed by atoms with van der Waals surface area (Å²) in [5.41, 5.74) is 3.82. The minimum absolute atomic E-state index is 0.00577. The van der Waals surface area contributed by atoms with Crippen molar-refractivity contribution in [3.63, 3.8) is 0 Å². The Hall–Kier alpha value is -4.00. The monoisotopic (exact) mass is 441 g/mol. The van der Waals surface area contributed by atoms with Gasteiger partial charge in [-0.05, 0) is 25.5 Å². The van der Waals surface area contributed by atoms with Gasteiger partial charge in [-0.15, -0.1) is 0 Å². The lowest BCUT2D eigenvalue weighted by Gasteiger charge is -2.21. The van der Waals surface area contributed by atoms with E-state index in [0.717, 1.165) is 11.1 Å². The molecule has 0 bridgehead atoms. The first kappa shape index (κ1) is 22.2. The Morgan fingerprint density at radius 3 is 2.36 bits per heavy atom. The smallest absolute Gasteiger partial charge is 0.255 e. The first-order valence-corrected chi connectivity index (χ1v) is 11.1. The molecule has 0 radical (unpaired) electrons. The SMILES string of the molecule is CCNC(=O)CN(CC)C(=O)c1cc(-c2ccccc2)nc2c1cnn2Cc1ccccc1. The fraction of sp³-hybridized carbons (Fsp3) is 0.231. The number of likely N-dealkylation sites (N-methyl/N-ethyl adjacent to an activating group) is 2. The molecule has 0 fully saturated rings. The summed E-state index contributed by atoms with van der Waals surface area (Å²) in [7, 11) is 0. The van der Waals surface area contributed by atoms with Crippen molar-refractivity contribution >= 4 is 22.8 Å². The molecule has 168 valence electrons. The number of nitrogens with zero attached hydrogens (tertiary/aromatic N) is 4. The van der Waals surface area contributed by atoms with E-state index in [1.165, 1.54) is 0 Å². The van der Waals surface area contributed by atoms with E-state index in [1.807, 2.05) is 79.2 Å². The standard InChI is InChI=1S/C26H27N5O2/c1-3-27-24(32)18-30(4-2)26(33)21-15-23(20-13-9-6-10-14-20)29-25-22(21)16-28-31(25)17-19-11-7-5-8-12-19/h5-16H,3-4,17-18H2,1-2H3,(H,27,32). The molecule has 7 heteroatoms. The van der Waals surface area contributed by atoms with Crippen molar-refractivity contribution in [2.75, 3.05) is 19.6 Å². The maximum absolute atomic E-state index is 13.6.